The van der Waals surface area contributed by atoms with E-state index in [1.165, 1.54) is 17.7 Å². The number of Topliss-reactive ketones (excluding diaryl/α,β-unsaturated/α-hetero) is 1. The van der Waals surface area contributed by atoms with Crippen LogP contribution in [0.25, 0.3) is 0 Å². The fraction of sp³-hybridized carbons (Fsp3) is 0.821. The van der Waals surface area contributed by atoms with Gasteiger partial charge in [0.05, 0.1) is 39.5 Å². The van der Waals surface area contributed by atoms with E-state index < -0.39 is 72.4 Å². The zero-order valence-electron chi connectivity index (χ0n) is 46.5. The van der Waals surface area contributed by atoms with Gasteiger partial charge in [0.25, 0.3) is 0 Å². The van der Waals surface area contributed by atoms with Crippen molar-refractivity contribution in [2.75, 3.05) is 52.7 Å². The minimum absolute atomic E-state index is 0. The summed E-state index contributed by atoms with van der Waals surface area (Å²) in [6, 6.07) is 0. The first-order chi connectivity index (χ1) is 33.4. The van der Waals surface area contributed by atoms with Gasteiger partial charge in [-0.2, -0.15) is 0 Å². The van der Waals surface area contributed by atoms with E-state index in [2.05, 4.69) is 34.6 Å². The molecule has 1 amide bonds. The van der Waals surface area contributed by atoms with E-state index in [1.807, 2.05) is 0 Å². The molecule has 15 nitrogen and oxygen atoms in total. The van der Waals surface area contributed by atoms with Gasteiger partial charge in [-0.25, -0.2) is 4.79 Å². The monoisotopic (exact) mass is 1020 g/mol. The van der Waals surface area contributed by atoms with Gasteiger partial charge >= 0.3 is 54.8 Å². The number of ether oxygens (including phenoxy) is 7. The third kappa shape index (κ3) is 40.3. The first kappa shape index (κ1) is 73.1. The Bertz CT molecular complexity index is 1330. The molecule has 0 N–H and O–H groups in total. The van der Waals surface area contributed by atoms with E-state index in [4.69, 9.17) is 33.2 Å². The fourth-order valence-corrected chi connectivity index (χ4v) is 8.26. The topological polar surface area (TPSA) is 187 Å². The van der Waals surface area contributed by atoms with Crippen LogP contribution >= 0.6 is 0 Å². The average Bonchev–Trinajstić information content (AvgIpc) is 3.71. The van der Waals surface area contributed by atoms with Crippen molar-refractivity contribution in [3.8, 4) is 0 Å². The molecule has 1 aliphatic rings. The second-order valence-corrected chi connectivity index (χ2v) is 18.8. The van der Waals surface area contributed by atoms with Crippen molar-refractivity contribution < 1.29 is 85.6 Å². The largest absolute Gasteiger partial charge is 1.00 e. The molecular weight excluding hydrogens is 918 g/mol. The van der Waals surface area contributed by atoms with Gasteiger partial charge in [-0.15, -0.1) is 0 Å². The molecule has 16 heteroatoms. The Hall–Kier alpha value is -3.15. The molecule has 0 saturated carbocycles. The molecule has 1 fully saturated rings. The van der Waals surface area contributed by atoms with Gasteiger partial charge in [-0.1, -0.05) is 156 Å². The molecular formula is C56H100LiNO14-2. The third-order valence-electron chi connectivity index (χ3n) is 12.3. The number of hydrogen-bond donors (Lipinski definition) is 0. The Morgan fingerprint density at radius 3 is 1.08 bits per heavy atom. The van der Waals surface area contributed by atoms with Gasteiger partial charge in [0, 0.05) is 38.5 Å². The molecule has 1 rings (SSSR count). The van der Waals surface area contributed by atoms with E-state index in [0.717, 1.165) is 141 Å². The van der Waals surface area contributed by atoms with E-state index in [1.54, 1.807) is 0 Å². The Balaban J connectivity index is -0.0000159. The summed E-state index contributed by atoms with van der Waals surface area (Å²) >= 11 is 0. The van der Waals surface area contributed by atoms with Gasteiger partial charge in [-0.3, -0.25) is 28.8 Å². The minimum atomic E-state index is -1.02. The maximum Gasteiger partial charge on any atom is 1.00 e. The SMILES string of the molecule is [CH2-]COC(=O)N1C[C@H](OC(=O)CC(CC(=O)OCCCCCCCC)CC(=O)OCCCCCCCC)[C@H](OCC(=O)CC(CC(=O)OCCCCCCCC)CC(=O)OCCCCCCCC)C1.[CH3-].[CH3-].[Li+]. The molecule has 0 aliphatic carbocycles. The summed E-state index contributed by atoms with van der Waals surface area (Å²) in [7, 11) is 0. The van der Waals surface area contributed by atoms with Crippen molar-refractivity contribution in [1.29, 1.82) is 0 Å². The number of nitrogens with zero attached hydrogens (tertiary/aromatic N) is 1. The summed E-state index contributed by atoms with van der Waals surface area (Å²) in [4.78, 5) is 93.0. The minimum Gasteiger partial charge on any atom is -0.483 e. The molecule has 416 valence electrons. The van der Waals surface area contributed by atoms with Crippen molar-refractivity contribution in [1.82, 2.24) is 4.90 Å². The molecule has 72 heavy (non-hydrogen) atoms. The molecule has 1 saturated heterocycles. The zero-order chi connectivity index (χ0) is 50.7. The molecule has 0 radical (unpaired) electrons. The number of amides is 1. The number of carbonyl (C=O) groups excluding carboxylic acids is 7. The Labute approximate surface area is 449 Å². The van der Waals surface area contributed by atoms with Crippen LogP contribution in [-0.4, -0.2) is 112 Å². The predicted octanol–water partition coefficient (Wildman–Crippen LogP) is 9.23. The quantitative estimate of drug-likeness (QED) is 0.0185. The van der Waals surface area contributed by atoms with Gasteiger partial charge in [0.2, 0.25) is 0 Å². The molecule has 0 aromatic carbocycles. The van der Waals surface area contributed by atoms with Crippen LogP contribution in [0, 0.1) is 33.6 Å². The first-order valence-electron chi connectivity index (χ1n) is 27.1. The predicted molar refractivity (Wildman–Crippen MR) is 278 cm³/mol. The summed E-state index contributed by atoms with van der Waals surface area (Å²) < 4.78 is 38.9. The molecule has 0 aromatic heterocycles. The smallest absolute Gasteiger partial charge is 0.483 e. The van der Waals surface area contributed by atoms with Crippen LogP contribution in [-0.2, 0) is 61.9 Å². The second-order valence-electron chi connectivity index (χ2n) is 18.8. The van der Waals surface area contributed by atoms with Crippen LogP contribution in [0.4, 0.5) is 4.79 Å². The maximum atomic E-state index is 13.6. The van der Waals surface area contributed by atoms with Crippen molar-refractivity contribution in [3.63, 3.8) is 0 Å². The fourth-order valence-electron chi connectivity index (χ4n) is 8.26. The number of carbonyl (C=O) groups is 7. The van der Waals surface area contributed by atoms with Crippen molar-refractivity contribution in [2.45, 2.75) is 233 Å². The van der Waals surface area contributed by atoms with E-state index in [-0.39, 0.29) is 118 Å². The second kappa shape index (κ2) is 50.0. The average molecular weight is 1020 g/mol. The molecule has 0 bridgehead atoms. The Morgan fingerprint density at radius 1 is 0.431 bits per heavy atom. The van der Waals surface area contributed by atoms with Crippen molar-refractivity contribution >= 4 is 41.7 Å². The summed E-state index contributed by atoms with van der Waals surface area (Å²) in [6.45, 7) is 12.4. The van der Waals surface area contributed by atoms with Crippen LogP contribution in [0.1, 0.15) is 220 Å². The van der Waals surface area contributed by atoms with Crippen LogP contribution in [0.2, 0.25) is 0 Å². The normalized spacial score (nSPS) is 13.9. The van der Waals surface area contributed by atoms with Crippen LogP contribution in [0.5, 0.6) is 0 Å². The van der Waals surface area contributed by atoms with Crippen molar-refractivity contribution in [3.05, 3.63) is 21.8 Å². The number of likely N-dealkylation sites (tertiary alicyclic amines) is 1. The van der Waals surface area contributed by atoms with E-state index in [9.17, 15) is 33.6 Å². The third-order valence-corrected chi connectivity index (χ3v) is 12.3. The standard InChI is InChI=1S/C54H94NO14.2CH3.Li/c1-6-11-15-19-23-27-31-64-49(57)36-44(37-50(58)65-32-28-24-20-16-12-7-2)35-46(56)43-68-47-41-55(54(62)63-10-5)42-48(47)69-53(61)40-45(38-51(59)66-33-29-25-21-17-13-8-3)39-52(60)67-34-30-26-22-18-14-9-4;;;/h44-45,47-48H,5-43H2,1-4H3;2*1H3;/q3*-1;+1/t47-,48+;;;/m1.../s1. The molecule has 1 aliphatic heterocycles. The summed E-state index contributed by atoms with van der Waals surface area (Å²) in [5, 5.41) is 0. The number of rotatable bonds is 45. The van der Waals surface area contributed by atoms with E-state index >= 15 is 0 Å². The van der Waals surface area contributed by atoms with Gasteiger partial charge < -0.3 is 59.8 Å². The van der Waals surface area contributed by atoms with Gasteiger partial charge in [0.1, 0.15) is 18.8 Å². The molecule has 2 atom stereocenters. The number of unbranched alkanes of at least 4 members (excludes halogenated alkanes) is 20. The van der Waals surface area contributed by atoms with Crippen molar-refractivity contribution in [2.24, 2.45) is 11.8 Å². The number of esters is 5. The van der Waals surface area contributed by atoms with E-state index in [0.29, 0.717) is 0 Å². The van der Waals surface area contributed by atoms with Gasteiger partial charge in [-0.05, 0) is 44.1 Å². The molecule has 1 heterocycles. The number of ketones is 1. The first-order valence-corrected chi connectivity index (χ1v) is 27.1. The maximum absolute atomic E-state index is 13.6. The van der Waals surface area contributed by atoms with Crippen LogP contribution in [0.15, 0.2) is 0 Å². The molecule has 0 aromatic rings. The Morgan fingerprint density at radius 2 is 0.736 bits per heavy atom. The summed E-state index contributed by atoms with van der Waals surface area (Å²) in [5.74, 6) is -4.64. The van der Waals surface area contributed by atoms with Gasteiger partial charge in [0.15, 0.2) is 5.78 Å². The summed E-state index contributed by atoms with van der Waals surface area (Å²) in [5.41, 5.74) is 0. The molecule has 0 unspecified atom stereocenters. The van der Waals surface area contributed by atoms with Crippen LogP contribution < -0.4 is 18.9 Å². The molecule has 0 spiro atoms. The van der Waals surface area contributed by atoms with Crippen LogP contribution in [0.3, 0.4) is 0 Å². The Kier molecular flexibility index (Phi) is 50.8. The zero-order valence-corrected chi connectivity index (χ0v) is 46.5. The number of hydrogen-bond acceptors (Lipinski definition) is 14. The summed E-state index contributed by atoms with van der Waals surface area (Å²) in [6.07, 6.45) is 20.8.